The van der Waals surface area contributed by atoms with E-state index in [1.54, 1.807) is 0 Å². The molecule has 1 aromatic heterocycles. The number of benzene rings is 1. The van der Waals surface area contributed by atoms with E-state index in [1.807, 2.05) is 0 Å². The molecule has 2 fully saturated rings. The monoisotopic (exact) mass is 241 g/mol. The van der Waals surface area contributed by atoms with Crippen LogP contribution in [0.25, 0.3) is 11.0 Å². The summed E-state index contributed by atoms with van der Waals surface area (Å²) in [6, 6.07) is 9.47. The van der Waals surface area contributed by atoms with Crippen LogP contribution >= 0.6 is 0 Å². The molecule has 2 aliphatic rings. The molecule has 3 nitrogen and oxygen atoms in total. The number of rotatable bonds is 1. The first-order chi connectivity index (χ1) is 8.90. The molecule has 1 saturated carbocycles. The first kappa shape index (κ1) is 10.6. The van der Waals surface area contributed by atoms with E-state index < -0.39 is 0 Å². The minimum Gasteiger partial charge on any atom is -0.341 e. The van der Waals surface area contributed by atoms with E-state index in [9.17, 15) is 0 Å². The Labute approximate surface area is 107 Å². The average molecular weight is 241 g/mol. The van der Waals surface area contributed by atoms with E-state index in [4.69, 9.17) is 4.98 Å². The van der Waals surface area contributed by atoms with Gasteiger partial charge in [0.2, 0.25) is 0 Å². The zero-order valence-corrected chi connectivity index (χ0v) is 10.5. The van der Waals surface area contributed by atoms with Crippen molar-refractivity contribution < 1.29 is 0 Å². The zero-order chi connectivity index (χ0) is 11.9. The van der Waals surface area contributed by atoms with Gasteiger partial charge in [0.05, 0.1) is 17.1 Å². The molecule has 1 aliphatic carbocycles. The van der Waals surface area contributed by atoms with E-state index in [1.165, 1.54) is 32.1 Å². The first-order valence-electron chi connectivity index (χ1n) is 7.11. The lowest BCUT2D eigenvalue weighted by molar-refractivity contribution is 0.325. The highest BCUT2D eigenvalue weighted by Crippen LogP contribution is 2.38. The van der Waals surface area contributed by atoms with E-state index in [-0.39, 0.29) is 0 Å². The zero-order valence-electron chi connectivity index (χ0n) is 10.5. The van der Waals surface area contributed by atoms with Gasteiger partial charge in [-0.25, -0.2) is 4.98 Å². The molecule has 0 amide bonds. The van der Waals surface area contributed by atoms with Crippen molar-refractivity contribution >= 4 is 11.0 Å². The highest BCUT2D eigenvalue weighted by Gasteiger charge is 2.36. The molecule has 1 aliphatic heterocycles. The van der Waals surface area contributed by atoms with Crippen molar-refractivity contribution in [3.63, 3.8) is 0 Å². The van der Waals surface area contributed by atoms with Gasteiger partial charge in [-0.3, -0.25) is 0 Å². The lowest BCUT2D eigenvalue weighted by atomic mass is 9.85. The van der Waals surface area contributed by atoms with E-state index >= 15 is 0 Å². The van der Waals surface area contributed by atoms with Crippen LogP contribution < -0.4 is 5.32 Å². The number of hydrogen-bond donors (Lipinski definition) is 2. The van der Waals surface area contributed by atoms with E-state index in [2.05, 4.69) is 34.6 Å². The SMILES string of the molecule is c1ccc2[nH]c([C@@H]3C[C@H]4CCCC[C@H]4N3)nc2c1. The van der Waals surface area contributed by atoms with Crippen molar-refractivity contribution in [1.82, 2.24) is 15.3 Å². The topological polar surface area (TPSA) is 40.7 Å². The Morgan fingerprint density at radius 2 is 2.00 bits per heavy atom. The molecule has 94 valence electrons. The van der Waals surface area contributed by atoms with Crippen LogP contribution in [0.4, 0.5) is 0 Å². The van der Waals surface area contributed by atoms with Crippen LogP contribution in [0.3, 0.4) is 0 Å². The van der Waals surface area contributed by atoms with Crippen LogP contribution in [0, 0.1) is 5.92 Å². The quantitative estimate of drug-likeness (QED) is 0.805. The second-order valence-corrected chi connectivity index (χ2v) is 5.75. The third kappa shape index (κ3) is 1.65. The van der Waals surface area contributed by atoms with Crippen molar-refractivity contribution in [1.29, 1.82) is 0 Å². The average Bonchev–Trinajstić information content (AvgIpc) is 3.02. The van der Waals surface area contributed by atoms with Gasteiger partial charge in [-0.1, -0.05) is 25.0 Å². The van der Waals surface area contributed by atoms with Crippen LogP contribution in [0.1, 0.15) is 44.0 Å². The molecule has 3 heteroatoms. The number of nitrogens with zero attached hydrogens (tertiary/aromatic N) is 1. The number of H-pyrrole nitrogens is 1. The Hall–Kier alpha value is -1.35. The molecular formula is C15H19N3. The Morgan fingerprint density at radius 1 is 1.11 bits per heavy atom. The second-order valence-electron chi connectivity index (χ2n) is 5.75. The van der Waals surface area contributed by atoms with Gasteiger partial charge in [0.25, 0.3) is 0 Å². The minimum atomic E-state index is 0.436. The van der Waals surface area contributed by atoms with Gasteiger partial charge in [0.15, 0.2) is 0 Å². The molecule has 18 heavy (non-hydrogen) atoms. The molecule has 1 saturated heterocycles. The largest absolute Gasteiger partial charge is 0.341 e. The molecule has 1 aromatic carbocycles. The van der Waals surface area contributed by atoms with Gasteiger partial charge in [-0.2, -0.15) is 0 Å². The fourth-order valence-electron chi connectivity index (χ4n) is 3.67. The van der Waals surface area contributed by atoms with Crippen LogP contribution in [-0.4, -0.2) is 16.0 Å². The summed E-state index contributed by atoms with van der Waals surface area (Å²) in [6.45, 7) is 0. The number of imidazole rings is 1. The summed E-state index contributed by atoms with van der Waals surface area (Å²) >= 11 is 0. The minimum absolute atomic E-state index is 0.436. The molecular weight excluding hydrogens is 222 g/mol. The number of aromatic nitrogens is 2. The lowest BCUT2D eigenvalue weighted by Crippen LogP contribution is -2.30. The summed E-state index contributed by atoms with van der Waals surface area (Å²) in [7, 11) is 0. The summed E-state index contributed by atoms with van der Waals surface area (Å²) in [5.74, 6) is 2.00. The van der Waals surface area contributed by atoms with Gasteiger partial charge in [-0.05, 0) is 37.3 Å². The number of aromatic amines is 1. The smallest absolute Gasteiger partial charge is 0.124 e. The fourth-order valence-corrected chi connectivity index (χ4v) is 3.67. The highest BCUT2D eigenvalue weighted by molar-refractivity contribution is 5.74. The van der Waals surface area contributed by atoms with Crippen molar-refractivity contribution in [3.8, 4) is 0 Å². The molecule has 0 spiro atoms. The van der Waals surface area contributed by atoms with Crippen molar-refractivity contribution in [2.45, 2.75) is 44.2 Å². The van der Waals surface area contributed by atoms with E-state index in [0.717, 1.165) is 28.8 Å². The Bertz CT molecular complexity index is 513. The third-order valence-corrected chi connectivity index (χ3v) is 4.60. The number of hydrogen-bond acceptors (Lipinski definition) is 2. The van der Waals surface area contributed by atoms with Gasteiger partial charge in [-0.15, -0.1) is 0 Å². The molecule has 2 N–H and O–H groups in total. The van der Waals surface area contributed by atoms with Gasteiger partial charge in [0.1, 0.15) is 5.82 Å². The van der Waals surface area contributed by atoms with Crippen LogP contribution in [0.15, 0.2) is 24.3 Å². The Balaban J connectivity index is 1.63. The molecule has 0 bridgehead atoms. The van der Waals surface area contributed by atoms with Crippen molar-refractivity contribution in [2.24, 2.45) is 5.92 Å². The summed E-state index contributed by atoms with van der Waals surface area (Å²) in [5.41, 5.74) is 2.24. The van der Waals surface area contributed by atoms with E-state index in [0.29, 0.717) is 6.04 Å². The summed E-state index contributed by atoms with van der Waals surface area (Å²) in [4.78, 5) is 8.21. The maximum Gasteiger partial charge on any atom is 0.124 e. The van der Waals surface area contributed by atoms with Crippen LogP contribution in [0.2, 0.25) is 0 Å². The molecule has 2 aromatic rings. The van der Waals surface area contributed by atoms with Crippen LogP contribution in [0.5, 0.6) is 0 Å². The van der Waals surface area contributed by atoms with Crippen molar-refractivity contribution in [3.05, 3.63) is 30.1 Å². The number of para-hydroxylation sites is 2. The molecule has 3 atom stereocenters. The van der Waals surface area contributed by atoms with Gasteiger partial charge < -0.3 is 10.3 Å². The lowest BCUT2D eigenvalue weighted by Gasteiger charge is -2.24. The third-order valence-electron chi connectivity index (χ3n) is 4.60. The van der Waals surface area contributed by atoms with Gasteiger partial charge >= 0.3 is 0 Å². The summed E-state index contributed by atoms with van der Waals surface area (Å²) < 4.78 is 0. The molecule has 2 heterocycles. The molecule has 0 unspecified atom stereocenters. The number of nitrogens with one attached hydrogen (secondary N) is 2. The maximum absolute atomic E-state index is 4.73. The Morgan fingerprint density at radius 3 is 2.89 bits per heavy atom. The molecule has 0 radical (unpaired) electrons. The fraction of sp³-hybridized carbons (Fsp3) is 0.533. The standard InChI is InChI=1S/C15H19N3/c1-2-6-11-10(5-1)9-14(16-11)15-17-12-7-3-4-8-13(12)18-15/h3-4,7-8,10-11,14,16H,1-2,5-6,9H2,(H,17,18)/t10-,11-,14+/m1/s1. The predicted octanol–water partition coefficient (Wildman–Crippen LogP) is 3.16. The van der Waals surface area contributed by atoms with Gasteiger partial charge in [0, 0.05) is 6.04 Å². The normalized spacial score (nSPS) is 31.7. The summed E-state index contributed by atoms with van der Waals surface area (Å²) in [5, 5.41) is 3.78. The summed E-state index contributed by atoms with van der Waals surface area (Å²) in [6.07, 6.45) is 6.80. The Kier molecular flexibility index (Phi) is 2.40. The number of fused-ring (bicyclic) bond motifs is 2. The predicted molar refractivity (Wildman–Crippen MR) is 72.3 cm³/mol. The maximum atomic E-state index is 4.73. The highest BCUT2D eigenvalue weighted by atomic mass is 15.1. The molecule has 4 rings (SSSR count). The van der Waals surface area contributed by atoms with Crippen LogP contribution in [-0.2, 0) is 0 Å². The second kappa shape index (κ2) is 4.09. The van der Waals surface area contributed by atoms with Crippen molar-refractivity contribution in [2.75, 3.05) is 0 Å². The first-order valence-corrected chi connectivity index (χ1v) is 7.11.